The van der Waals surface area contributed by atoms with E-state index in [1.54, 1.807) is 0 Å². The van der Waals surface area contributed by atoms with E-state index in [-0.39, 0.29) is 37.3 Å². The fourth-order valence-corrected chi connectivity index (χ4v) is 4.19. The molecule has 0 saturated carbocycles. The van der Waals surface area contributed by atoms with Crippen LogP contribution >= 0.6 is 8.53 Å². The molecule has 5 nitrogen and oxygen atoms in total. The summed E-state index contributed by atoms with van der Waals surface area (Å²) in [6, 6.07) is 0.571. The summed E-state index contributed by atoms with van der Waals surface area (Å²) in [4.78, 5) is 3.34. The third-order valence-corrected chi connectivity index (χ3v) is 5.42. The van der Waals surface area contributed by atoms with Gasteiger partial charge in [-0.1, -0.05) is 0 Å². The molecule has 0 spiro atoms. The maximum Gasteiger partial charge on any atom is 0.259 e. The Labute approximate surface area is 132 Å². The number of nitrogens with zero attached hydrogens (tertiary/aromatic N) is 2. The first-order chi connectivity index (χ1) is 10.4. The summed E-state index contributed by atoms with van der Waals surface area (Å²) < 4.78 is 27.7. The predicted octanol–water partition coefficient (Wildman–Crippen LogP) is 3.85. The van der Waals surface area contributed by atoms with Crippen molar-refractivity contribution in [2.75, 3.05) is 13.2 Å². The molecule has 1 unspecified atom stereocenters. The summed E-state index contributed by atoms with van der Waals surface area (Å²) in [7, 11) is -1.25. The smallest absolute Gasteiger partial charge is 0.259 e. The molecule has 122 valence electrons. The second kappa shape index (κ2) is 9.02. The molecule has 0 bridgehead atoms. The van der Waals surface area contributed by atoms with Gasteiger partial charge < -0.3 is 18.6 Å². The molecule has 4 atom stereocenters. The van der Waals surface area contributed by atoms with Crippen LogP contribution in [0.3, 0.4) is 0 Å². The Morgan fingerprint density at radius 3 is 2.62 bits per heavy atom. The zero-order chi connectivity index (χ0) is 16.7. The zero-order valence-electron chi connectivity index (χ0n) is 14.8. The standard InChI is InChI=1S/C15H29N2O3P/c1-11(2)17(12(3)4)21(18-9-8-16-7)20-15-10-13(5)19-14(15)6/h11-15H,8-10H2,1-6H3/t13-,14+,15-,21?/m0/s1/i6D. The average molecular weight is 317 g/mol. The van der Waals surface area contributed by atoms with Crippen molar-refractivity contribution in [2.45, 2.75) is 78.3 Å². The molecule has 0 amide bonds. The van der Waals surface area contributed by atoms with E-state index in [2.05, 4.69) is 37.2 Å². The van der Waals surface area contributed by atoms with Crippen molar-refractivity contribution in [2.24, 2.45) is 0 Å². The van der Waals surface area contributed by atoms with Crippen molar-refractivity contribution in [3.8, 4) is 0 Å². The largest absolute Gasteiger partial charge is 0.373 e. The van der Waals surface area contributed by atoms with Gasteiger partial charge >= 0.3 is 0 Å². The Morgan fingerprint density at radius 2 is 2.10 bits per heavy atom. The molecular formula is C15H29N2O3P. The van der Waals surface area contributed by atoms with Crippen LogP contribution in [-0.4, -0.2) is 48.2 Å². The van der Waals surface area contributed by atoms with Crippen molar-refractivity contribution >= 4 is 8.53 Å². The summed E-state index contributed by atoms with van der Waals surface area (Å²) in [5.74, 6) is 0. The number of hydrogen-bond donors (Lipinski definition) is 0. The lowest BCUT2D eigenvalue weighted by atomic mass is 10.2. The summed E-state index contributed by atoms with van der Waals surface area (Å²) in [5.41, 5.74) is 0. The molecule has 1 fully saturated rings. The van der Waals surface area contributed by atoms with Gasteiger partial charge in [0, 0.05) is 19.9 Å². The van der Waals surface area contributed by atoms with Crippen LogP contribution in [0, 0.1) is 6.57 Å². The molecule has 1 aliphatic heterocycles. The molecule has 0 aromatic heterocycles. The Bertz CT molecular complexity index is 357. The van der Waals surface area contributed by atoms with Crippen molar-refractivity contribution in [1.29, 1.82) is 0 Å². The number of ether oxygens (including phenoxy) is 1. The van der Waals surface area contributed by atoms with Gasteiger partial charge in [-0.05, 0) is 41.5 Å². The van der Waals surface area contributed by atoms with Crippen LogP contribution in [0.5, 0.6) is 0 Å². The predicted molar refractivity (Wildman–Crippen MR) is 86.0 cm³/mol. The minimum Gasteiger partial charge on any atom is -0.373 e. The summed E-state index contributed by atoms with van der Waals surface area (Å²) >= 11 is 0. The average Bonchev–Trinajstić information content (AvgIpc) is 2.78. The van der Waals surface area contributed by atoms with E-state index in [0.29, 0.717) is 13.2 Å². The molecule has 6 heteroatoms. The Morgan fingerprint density at radius 1 is 1.43 bits per heavy atom. The molecule has 0 N–H and O–H groups in total. The quantitative estimate of drug-likeness (QED) is 0.387. The highest BCUT2D eigenvalue weighted by molar-refractivity contribution is 7.44. The highest BCUT2D eigenvalue weighted by Gasteiger charge is 2.36. The summed E-state index contributed by atoms with van der Waals surface area (Å²) in [6.45, 7) is 18.3. The van der Waals surface area contributed by atoms with Crippen LogP contribution in [0.2, 0.25) is 0 Å². The minimum atomic E-state index is -1.25. The van der Waals surface area contributed by atoms with Crippen molar-refractivity contribution in [3.05, 3.63) is 11.4 Å². The Balaban J connectivity index is 2.78. The van der Waals surface area contributed by atoms with Gasteiger partial charge in [0.1, 0.15) is 6.61 Å². The van der Waals surface area contributed by atoms with Gasteiger partial charge in [0.05, 0.1) is 18.3 Å². The fourth-order valence-electron chi connectivity index (χ4n) is 2.44. The lowest BCUT2D eigenvalue weighted by molar-refractivity contribution is 0.0299. The van der Waals surface area contributed by atoms with Crippen LogP contribution in [-0.2, 0) is 13.8 Å². The van der Waals surface area contributed by atoms with E-state index in [1.807, 2.05) is 6.92 Å². The van der Waals surface area contributed by atoms with Gasteiger partial charge in [-0.25, -0.2) is 11.2 Å². The maximum atomic E-state index is 7.62. The highest BCUT2D eigenvalue weighted by atomic mass is 31.2. The molecule has 0 aromatic rings. The van der Waals surface area contributed by atoms with Crippen LogP contribution in [0.4, 0.5) is 0 Å². The lowest BCUT2D eigenvalue weighted by Crippen LogP contribution is -2.35. The van der Waals surface area contributed by atoms with Gasteiger partial charge in [0.15, 0.2) is 0 Å². The lowest BCUT2D eigenvalue weighted by Gasteiger charge is -2.37. The second-order valence-corrected chi connectivity index (χ2v) is 7.29. The van der Waals surface area contributed by atoms with E-state index in [1.165, 1.54) is 0 Å². The topological polar surface area (TPSA) is 35.3 Å². The second-order valence-electron chi connectivity index (χ2n) is 5.89. The first kappa shape index (κ1) is 17.1. The molecule has 0 radical (unpaired) electrons. The summed E-state index contributed by atoms with van der Waals surface area (Å²) in [5, 5.41) is 0. The number of rotatable bonds is 8. The van der Waals surface area contributed by atoms with Crippen LogP contribution < -0.4 is 0 Å². The van der Waals surface area contributed by atoms with Crippen molar-refractivity contribution in [3.63, 3.8) is 0 Å². The fraction of sp³-hybridized carbons (Fsp3) is 0.933. The van der Waals surface area contributed by atoms with Crippen LogP contribution in [0.1, 0.15) is 49.3 Å². The SMILES string of the molecule is [2H]C[C@H]1O[C@@H](C)C[C@@H]1OP(OCC[N+]#[C-])N(C(C)C)C(C)C. The normalized spacial score (nSPS) is 28.1. The van der Waals surface area contributed by atoms with E-state index < -0.39 is 8.53 Å². The van der Waals surface area contributed by atoms with Gasteiger partial charge in [0.25, 0.3) is 8.53 Å². The maximum absolute atomic E-state index is 7.62. The molecule has 1 saturated heterocycles. The Kier molecular flexibility index (Phi) is 7.36. The van der Waals surface area contributed by atoms with Crippen molar-refractivity contribution in [1.82, 2.24) is 4.67 Å². The molecular weight excluding hydrogens is 287 g/mol. The molecule has 0 aromatic carbocycles. The molecule has 1 rings (SSSR count). The van der Waals surface area contributed by atoms with Crippen LogP contribution in [0.15, 0.2) is 0 Å². The molecule has 21 heavy (non-hydrogen) atoms. The third-order valence-electron chi connectivity index (χ3n) is 3.26. The van der Waals surface area contributed by atoms with Crippen molar-refractivity contribution < 1.29 is 15.2 Å². The first-order valence-corrected chi connectivity index (χ1v) is 8.69. The van der Waals surface area contributed by atoms with Gasteiger partial charge in [-0.15, -0.1) is 0 Å². The van der Waals surface area contributed by atoms with E-state index in [4.69, 9.17) is 21.7 Å². The molecule has 0 aliphatic carbocycles. The van der Waals surface area contributed by atoms with Gasteiger partial charge in [0.2, 0.25) is 6.54 Å². The monoisotopic (exact) mass is 317 g/mol. The van der Waals surface area contributed by atoms with Gasteiger partial charge in [-0.2, -0.15) is 0 Å². The number of hydrogen-bond acceptors (Lipinski definition) is 4. The molecule has 1 aliphatic rings. The first-order valence-electron chi connectivity index (χ1n) is 8.27. The van der Waals surface area contributed by atoms with E-state index >= 15 is 0 Å². The Hall–Kier alpha value is -0.240. The van der Waals surface area contributed by atoms with E-state index in [9.17, 15) is 0 Å². The highest BCUT2D eigenvalue weighted by Crippen LogP contribution is 2.48. The molecule has 1 heterocycles. The summed E-state index contributed by atoms with van der Waals surface area (Å²) in [6.07, 6.45) is 0.614. The van der Waals surface area contributed by atoms with Crippen LogP contribution in [0.25, 0.3) is 4.85 Å². The third kappa shape index (κ3) is 5.81. The zero-order valence-corrected chi connectivity index (χ0v) is 14.7. The van der Waals surface area contributed by atoms with E-state index in [0.717, 1.165) is 6.42 Å². The van der Waals surface area contributed by atoms with Gasteiger partial charge in [-0.3, -0.25) is 0 Å². The minimum absolute atomic E-state index is 0.105.